The fraction of sp³-hybridized carbons (Fsp3) is 0.294. The minimum absolute atomic E-state index is 0.151. The maximum atomic E-state index is 11.7. The van der Waals surface area contributed by atoms with Crippen molar-refractivity contribution in [3.05, 3.63) is 41.3 Å². The Bertz CT molecular complexity index is 668. The van der Waals surface area contributed by atoms with Crippen molar-refractivity contribution >= 4 is 22.4 Å². The summed E-state index contributed by atoms with van der Waals surface area (Å²) >= 11 is 1.41. The first kappa shape index (κ1) is 16.2. The highest BCUT2D eigenvalue weighted by Crippen LogP contribution is 2.26. The van der Waals surface area contributed by atoms with Gasteiger partial charge in [-0.25, -0.2) is 4.98 Å². The van der Waals surface area contributed by atoms with Gasteiger partial charge in [0.15, 0.2) is 5.13 Å². The van der Waals surface area contributed by atoms with Crippen molar-refractivity contribution in [1.29, 1.82) is 0 Å². The fourth-order valence-electron chi connectivity index (χ4n) is 1.84. The Hall–Kier alpha value is -2.14. The van der Waals surface area contributed by atoms with Crippen LogP contribution in [0, 0.1) is 0 Å². The zero-order chi connectivity index (χ0) is 16.1. The molecule has 0 atom stereocenters. The summed E-state index contributed by atoms with van der Waals surface area (Å²) < 4.78 is 5.62. The van der Waals surface area contributed by atoms with Crippen LogP contribution in [-0.2, 0) is 4.79 Å². The van der Waals surface area contributed by atoms with Crippen LogP contribution < -0.4 is 10.1 Å². The molecule has 4 nitrogen and oxygen atoms in total. The fourth-order valence-corrected chi connectivity index (χ4v) is 2.57. The summed E-state index contributed by atoms with van der Waals surface area (Å²) in [5.41, 5.74) is 2.79. The topological polar surface area (TPSA) is 51.2 Å². The van der Waals surface area contributed by atoms with Gasteiger partial charge in [-0.05, 0) is 52.0 Å². The summed E-state index contributed by atoms with van der Waals surface area (Å²) in [6.07, 6.45) is 1.71. The lowest BCUT2D eigenvalue weighted by Crippen LogP contribution is -2.07. The molecule has 0 bridgehead atoms. The third-order valence-electron chi connectivity index (χ3n) is 2.68. The van der Waals surface area contributed by atoms with Crippen molar-refractivity contribution in [2.24, 2.45) is 0 Å². The highest BCUT2D eigenvalue weighted by molar-refractivity contribution is 7.14. The average Bonchev–Trinajstić information content (AvgIpc) is 2.86. The van der Waals surface area contributed by atoms with Crippen LogP contribution in [0.15, 0.2) is 41.3 Å². The zero-order valence-corrected chi connectivity index (χ0v) is 14.0. The minimum atomic E-state index is -0.151. The van der Waals surface area contributed by atoms with Crippen LogP contribution in [0.2, 0.25) is 0 Å². The smallest absolute Gasteiger partial charge is 0.250 e. The van der Waals surface area contributed by atoms with Crippen LogP contribution >= 0.6 is 11.3 Å². The predicted molar refractivity (Wildman–Crippen MR) is 91.4 cm³/mol. The molecular weight excluding hydrogens is 296 g/mol. The lowest BCUT2D eigenvalue weighted by Gasteiger charge is -2.09. The first-order valence-corrected chi connectivity index (χ1v) is 8.00. The standard InChI is InChI=1S/C17H20N2O2S/c1-11(2)9-16(20)19-17-18-15(10-22-17)13-5-7-14(8-6-13)21-12(3)4/h5-10,12H,1-4H3,(H,18,19,20). The molecule has 1 amide bonds. The molecule has 0 saturated carbocycles. The Balaban J connectivity index is 2.08. The molecule has 1 aromatic carbocycles. The second-order valence-corrected chi connectivity index (χ2v) is 6.30. The number of nitrogens with zero attached hydrogens (tertiary/aromatic N) is 1. The Morgan fingerprint density at radius 1 is 1.27 bits per heavy atom. The molecule has 1 N–H and O–H groups in total. The molecule has 22 heavy (non-hydrogen) atoms. The largest absolute Gasteiger partial charge is 0.491 e. The number of thiazole rings is 1. The number of nitrogens with one attached hydrogen (secondary N) is 1. The molecule has 0 aliphatic heterocycles. The number of aromatic nitrogens is 1. The zero-order valence-electron chi connectivity index (χ0n) is 13.2. The maximum absolute atomic E-state index is 11.7. The molecule has 2 aromatic rings. The number of benzene rings is 1. The molecule has 0 aliphatic carbocycles. The number of carbonyl (C=O) groups is 1. The second kappa shape index (κ2) is 7.22. The van der Waals surface area contributed by atoms with Crippen LogP contribution in [0.25, 0.3) is 11.3 Å². The molecule has 5 heteroatoms. The minimum Gasteiger partial charge on any atom is -0.491 e. The van der Waals surface area contributed by atoms with Crippen LogP contribution in [-0.4, -0.2) is 17.0 Å². The number of hydrogen-bond donors (Lipinski definition) is 1. The number of hydrogen-bond acceptors (Lipinski definition) is 4. The van der Waals surface area contributed by atoms with E-state index in [0.29, 0.717) is 5.13 Å². The van der Waals surface area contributed by atoms with E-state index in [4.69, 9.17) is 4.74 Å². The third-order valence-corrected chi connectivity index (χ3v) is 3.43. The van der Waals surface area contributed by atoms with Crippen LogP contribution in [0.3, 0.4) is 0 Å². The number of amides is 1. The van der Waals surface area contributed by atoms with E-state index in [2.05, 4.69) is 10.3 Å². The van der Waals surface area contributed by atoms with E-state index in [1.54, 1.807) is 6.08 Å². The maximum Gasteiger partial charge on any atom is 0.250 e. The predicted octanol–water partition coefficient (Wildman–Crippen LogP) is 4.50. The summed E-state index contributed by atoms with van der Waals surface area (Å²) in [5, 5.41) is 5.29. The quantitative estimate of drug-likeness (QED) is 0.826. The summed E-state index contributed by atoms with van der Waals surface area (Å²) in [4.78, 5) is 16.1. The third kappa shape index (κ3) is 4.70. The average molecular weight is 316 g/mol. The highest BCUT2D eigenvalue weighted by atomic mass is 32.1. The van der Waals surface area contributed by atoms with E-state index < -0.39 is 0 Å². The molecule has 0 radical (unpaired) electrons. The van der Waals surface area contributed by atoms with Gasteiger partial charge in [0.05, 0.1) is 11.8 Å². The van der Waals surface area contributed by atoms with Crippen molar-refractivity contribution in [3.8, 4) is 17.0 Å². The number of rotatable bonds is 5. The van der Waals surface area contributed by atoms with E-state index in [9.17, 15) is 4.79 Å². The van der Waals surface area contributed by atoms with Gasteiger partial charge in [0.25, 0.3) is 0 Å². The van der Waals surface area contributed by atoms with E-state index in [-0.39, 0.29) is 12.0 Å². The number of allylic oxidation sites excluding steroid dienone is 1. The van der Waals surface area contributed by atoms with Gasteiger partial charge in [0, 0.05) is 17.0 Å². The molecule has 1 aromatic heterocycles. The summed E-state index contributed by atoms with van der Waals surface area (Å²) in [6.45, 7) is 7.76. The molecule has 0 aliphatic rings. The molecule has 0 unspecified atom stereocenters. The number of carbonyl (C=O) groups excluding carboxylic acids is 1. The van der Waals surface area contributed by atoms with Gasteiger partial charge in [-0.15, -0.1) is 11.3 Å². The van der Waals surface area contributed by atoms with Gasteiger partial charge >= 0.3 is 0 Å². The van der Waals surface area contributed by atoms with E-state index in [1.807, 2.05) is 57.3 Å². The Labute approximate surface area is 134 Å². The normalized spacial score (nSPS) is 10.4. The van der Waals surface area contributed by atoms with E-state index in [1.165, 1.54) is 11.3 Å². The highest BCUT2D eigenvalue weighted by Gasteiger charge is 2.07. The first-order chi connectivity index (χ1) is 10.4. The Kier molecular flexibility index (Phi) is 5.33. The molecule has 0 saturated heterocycles. The van der Waals surface area contributed by atoms with Crippen LogP contribution in [0.4, 0.5) is 5.13 Å². The van der Waals surface area contributed by atoms with Crippen molar-refractivity contribution in [1.82, 2.24) is 4.98 Å². The lowest BCUT2D eigenvalue weighted by molar-refractivity contribution is -0.111. The van der Waals surface area contributed by atoms with Crippen molar-refractivity contribution < 1.29 is 9.53 Å². The van der Waals surface area contributed by atoms with E-state index in [0.717, 1.165) is 22.6 Å². The molecule has 1 heterocycles. The SMILES string of the molecule is CC(C)=CC(=O)Nc1nc(-c2ccc(OC(C)C)cc2)cs1. The van der Waals surface area contributed by atoms with Crippen molar-refractivity contribution in [2.75, 3.05) is 5.32 Å². The lowest BCUT2D eigenvalue weighted by atomic mass is 10.2. The van der Waals surface area contributed by atoms with Gasteiger partial charge in [-0.3, -0.25) is 10.1 Å². The van der Waals surface area contributed by atoms with Gasteiger partial charge < -0.3 is 4.74 Å². The monoisotopic (exact) mass is 316 g/mol. The van der Waals surface area contributed by atoms with Gasteiger partial charge in [-0.2, -0.15) is 0 Å². The molecule has 116 valence electrons. The van der Waals surface area contributed by atoms with Gasteiger partial charge in [0.1, 0.15) is 5.75 Å². The summed E-state index contributed by atoms with van der Waals surface area (Å²) in [6, 6.07) is 7.79. The van der Waals surface area contributed by atoms with Crippen molar-refractivity contribution in [3.63, 3.8) is 0 Å². The van der Waals surface area contributed by atoms with Gasteiger partial charge in [0.2, 0.25) is 5.91 Å². The number of ether oxygens (including phenoxy) is 1. The molecule has 0 fully saturated rings. The van der Waals surface area contributed by atoms with E-state index >= 15 is 0 Å². The molecular formula is C17H20N2O2S. The van der Waals surface area contributed by atoms with Crippen LogP contribution in [0.5, 0.6) is 5.75 Å². The van der Waals surface area contributed by atoms with Gasteiger partial charge in [-0.1, -0.05) is 5.57 Å². The van der Waals surface area contributed by atoms with Crippen LogP contribution in [0.1, 0.15) is 27.7 Å². The summed E-state index contributed by atoms with van der Waals surface area (Å²) in [7, 11) is 0. The first-order valence-electron chi connectivity index (χ1n) is 7.12. The second-order valence-electron chi connectivity index (χ2n) is 5.44. The molecule has 2 rings (SSSR count). The van der Waals surface area contributed by atoms with Crippen molar-refractivity contribution in [2.45, 2.75) is 33.8 Å². The number of anilines is 1. The Morgan fingerprint density at radius 3 is 2.55 bits per heavy atom. The Morgan fingerprint density at radius 2 is 1.95 bits per heavy atom. The molecule has 0 spiro atoms. The summed E-state index contributed by atoms with van der Waals surface area (Å²) in [5.74, 6) is 0.688.